The number of thiazole rings is 1. The largest absolute Gasteiger partial charge is 0.367 e. The van der Waals surface area contributed by atoms with E-state index >= 15 is 0 Å². The van der Waals surface area contributed by atoms with Crippen molar-refractivity contribution in [2.45, 2.75) is 33.7 Å². The second-order valence-electron chi connectivity index (χ2n) is 4.91. The lowest BCUT2D eigenvalue weighted by Gasteiger charge is -2.22. The van der Waals surface area contributed by atoms with Gasteiger partial charge in [-0.05, 0) is 32.4 Å². The van der Waals surface area contributed by atoms with Gasteiger partial charge in [0.25, 0.3) is 0 Å². The van der Waals surface area contributed by atoms with Crippen molar-refractivity contribution in [3.05, 3.63) is 40.9 Å². The summed E-state index contributed by atoms with van der Waals surface area (Å²) in [6.45, 7) is 9.38. The van der Waals surface area contributed by atoms with Crippen LogP contribution in [0.3, 0.4) is 0 Å². The summed E-state index contributed by atoms with van der Waals surface area (Å²) in [5.74, 6) is 0. The predicted molar refractivity (Wildman–Crippen MR) is 88.8 cm³/mol. The maximum Gasteiger partial charge on any atom is 0.182 e. The summed E-state index contributed by atoms with van der Waals surface area (Å²) < 4.78 is 0. The summed E-state index contributed by atoms with van der Waals surface area (Å²) in [5, 5.41) is 4.37. The Balaban J connectivity index is 2.02. The number of benzene rings is 1. The van der Waals surface area contributed by atoms with Crippen molar-refractivity contribution in [3.63, 3.8) is 0 Å². The average molecular weight is 289 g/mol. The molecule has 20 heavy (non-hydrogen) atoms. The highest BCUT2D eigenvalue weighted by Crippen LogP contribution is 2.23. The third-order valence-corrected chi connectivity index (χ3v) is 4.15. The molecule has 0 aliphatic carbocycles. The topological polar surface area (TPSA) is 28.2 Å². The van der Waals surface area contributed by atoms with Crippen molar-refractivity contribution in [1.82, 2.24) is 4.98 Å². The molecule has 0 bridgehead atoms. The summed E-state index contributed by atoms with van der Waals surface area (Å²) in [6, 6.07) is 8.71. The monoisotopic (exact) mass is 289 g/mol. The Morgan fingerprint density at radius 2 is 1.95 bits per heavy atom. The Hall–Kier alpha value is -1.55. The molecule has 0 radical (unpaired) electrons. The van der Waals surface area contributed by atoms with Gasteiger partial charge < -0.3 is 10.2 Å². The zero-order chi connectivity index (χ0) is 14.4. The van der Waals surface area contributed by atoms with Gasteiger partial charge in [-0.1, -0.05) is 24.6 Å². The molecule has 1 aromatic heterocycles. The SMILES string of the molecule is CCCNc1ncc(CN(CC)c2ccc(C)cc2)s1. The van der Waals surface area contributed by atoms with E-state index in [9.17, 15) is 0 Å². The number of aryl methyl sites for hydroxylation is 1. The molecule has 0 aliphatic rings. The maximum absolute atomic E-state index is 4.43. The molecule has 1 aromatic carbocycles. The molecular weight excluding hydrogens is 266 g/mol. The smallest absolute Gasteiger partial charge is 0.182 e. The van der Waals surface area contributed by atoms with Crippen LogP contribution in [0.25, 0.3) is 0 Å². The molecular formula is C16H23N3S. The molecule has 108 valence electrons. The molecule has 4 heteroatoms. The summed E-state index contributed by atoms with van der Waals surface area (Å²) >= 11 is 1.75. The van der Waals surface area contributed by atoms with Crippen molar-refractivity contribution < 1.29 is 0 Å². The van der Waals surface area contributed by atoms with Gasteiger partial charge >= 0.3 is 0 Å². The quantitative estimate of drug-likeness (QED) is 0.823. The first-order valence-electron chi connectivity index (χ1n) is 7.23. The van der Waals surface area contributed by atoms with E-state index < -0.39 is 0 Å². The van der Waals surface area contributed by atoms with E-state index in [1.165, 1.54) is 16.1 Å². The van der Waals surface area contributed by atoms with E-state index in [1.807, 2.05) is 6.20 Å². The molecule has 0 spiro atoms. The fourth-order valence-corrected chi connectivity index (χ4v) is 2.88. The van der Waals surface area contributed by atoms with E-state index in [4.69, 9.17) is 0 Å². The Bertz CT molecular complexity index is 519. The fourth-order valence-electron chi connectivity index (χ4n) is 2.02. The summed E-state index contributed by atoms with van der Waals surface area (Å²) in [5.41, 5.74) is 2.57. The fraction of sp³-hybridized carbons (Fsp3) is 0.438. The summed E-state index contributed by atoms with van der Waals surface area (Å²) in [4.78, 5) is 8.10. The van der Waals surface area contributed by atoms with Crippen LogP contribution in [0.1, 0.15) is 30.7 Å². The third-order valence-electron chi connectivity index (χ3n) is 3.21. The van der Waals surface area contributed by atoms with Gasteiger partial charge in [0.1, 0.15) is 0 Å². The van der Waals surface area contributed by atoms with Crippen molar-refractivity contribution in [3.8, 4) is 0 Å². The van der Waals surface area contributed by atoms with Crippen LogP contribution in [0.5, 0.6) is 0 Å². The van der Waals surface area contributed by atoms with Gasteiger partial charge in [0.15, 0.2) is 5.13 Å². The van der Waals surface area contributed by atoms with Gasteiger partial charge in [-0.3, -0.25) is 0 Å². The van der Waals surface area contributed by atoms with Crippen molar-refractivity contribution >= 4 is 22.2 Å². The van der Waals surface area contributed by atoms with Crippen LogP contribution >= 0.6 is 11.3 Å². The summed E-state index contributed by atoms with van der Waals surface area (Å²) in [7, 11) is 0. The molecule has 0 amide bonds. The Morgan fingerprint density at radius 3 is 2.60 bits per heavy atom. The molecule has 2 aromatic rings. The highest BCUT2D eigenvalue weighted by molar-refractivity contribution is 7.15. The predicted octanol–water partition coefficient (Wildman–Crippen LogP) is 4.30. The molecule has 1 N–H and O–H groups in total. The van der Waals surface area contributed by atoms with E-state index in [2.05, 4.69) is 60.2 Å². The lowest BCUT2D eigenvalue weighted by atomic mass is 10.2. The molecule has 0 unspecified atom stereocenters. The first kappa shape index (κ1) is 14.9. The van der Waals surface area contributed by atoms with Crippen LogP contribution in [-0.4, -0.2) is 18.1 Å². The minimum absolute atomic E-state index is 0.922. The Labute approximate surface area is 125 Å². The highest BCUT2D eigenvalue weighted by atomic mass is 32.1. The number of nitrogens with zero attached hydrogens (tertiary/aromatic N) is 2. The van der Waals surface area contributed by atoms with Crippen molar-refractivity contribution in [1.29, 1.82) is 0 Å². The second-order valence-corrected chi connectivity index (χ2v) is 6.02. The molecule has 3 nitrogen and oxygen atoms in total. The van der Waals surface area contributed by atoms with Crippen molar-refractivity contribution in [2.24, 2.45) is 0 Å². The van der Waals surface area contributed by atoms with Crippen LogP contribution in [-0.2, 0) is 6.54 Å². The van der Waals surface area contributed by atoms with Gasteiger partial charge in [-0.2, -0.15) is 0 Å². The van der Waals surface area contributed by atoms with E-state index in [0.717, 1.165) is 31.2 Å². The molecule has 2 rings (SSSR count). The third kappa shape index (κ3) is 3.97. The zero-order valence-electron chi connectivity index (χ0n) is 12.5. The molecule has 0 fully saturated rings. The average Bonchev–Trinajstić information content (AvgIpc) is 2.91. The lowest BCUT2D eigenvalue weighted by Crippen LogP contribution is -2.21. The number of hydrogen-bond acceptors (Lipinski definition) is 4. The van der Waals surface area contributed by atoms with Gasteiger partial charge in [-0.15, -0.1) is 11.3 Å². The van der Waals surface area contributed by atoms with Crippen LogP contribution < -0.4 is 10.2 Å². The number of rotatable bonds is 7. The minimum Gasteiger partial charge on any atom is -0.367 e. The molecule has 0 aliphatic heterocycles. The zero-order valence-corrected chi connectivity index (χ0v) is 13.3. The highest BCUT2D eigenvalue weighted by Gasteiger charge is 2.08. The molecule has 0 atom stereocenters. The number of nitrogens with one attached hydrogen (secondary N) is 1. The number of anilines is 2. The van der Waals surface area contributed by atoms with Crippen LogP contribution in [0.4, 0.5) is 10.8 Å². The number of hydrogen-bond donors (Lipinski definition) is 1. The van der Waals surface area contributed by atoms with Crippen LogP contribution in [0.15, 0.2) is 30.5 Å². The molecule has 1 heterocycles. The van der Waals surface area contributed by atoms with Gasteiger partial charge in [-0.25, -0.2) is 4.98 Å². The number of aromatic nitrogens is 1. The molecule has 0 saturated heterocycles. The first-order valence-corrected chi connectivity index (χ1v) is 8.04. The second kappa shape index (κ2) is 7.29. The van der Waals surface area contributed by atoms with Crippen LogP contribution in [0.2, 0.25) is 0 Å². The Kier molecular flexibility index (Phi) is 5.41. The minimum atomic E-state index is 0.922. The van der Waals surface area contributed by atoms with E-state index in [-0.39, 0.29) is 0 Å². The normalized spacial score (nSPS) is 10.6. The Morgan fingerprint density at radius 1 is 1.20 bits per heavy atom. The van der Waals surface area contributed by atoms with Gasteiger partial charge in [0, 0.05) is 29.9 Å². The standard InChI is InChI=1S/C16H23N3S/c1-4-10-17-16-18-11-15(20-16)12-19(5-2)14-8-6-13(3)7-9-14/h6-9,11H,4-5,10,12H2,1-3H3,(H,17,18). The molecule has 0 saturated carbocycles. The van der Waals surface area contributed by atoms with E-state index in [0.29, 0.717) is 0 Å². The van der Waals surface area contributed by atoms with Crippen LogP contribution in [0, 0.1) is 6.92 Å². The van der Waals surface area contributed by atoms with Gasteiger partial charge in [0.2, 0.25) is 0 Å². The van der Waals surface area contributed by atoms with Crippen molar-refractivity contribution in [2.75, 3.05) is 23.3 Å². The summed E-state index contributed by atoms with van der Waals surface area (Å²) in [6.07, 6.45) is 3.11. The maximum atomic E-state index is 4.43. The van der Waals surface area contributed by atoms with Gasteiger partial charge in [0.05, 0.1) is 6.54 Å². The first-order chi connectivity index (χ1) is 9.72. The van der Waals surface area contributed by atoms with E-state index in [1.54, 1.807) is 11.3 Å². The lowest BCUT2D eigenvalue weighted by molar-refractivity contribution is 0.840.